The van der Waals surface area contributed by atoms with Crippen molar-refractivity contribution in [1.29, 1.82) is 0 Å². The molecule has 3 nitrogen and oxygen atoms in total. The number of benzene rings is 3. The van der Waals surface area contributed by atoms with Crippen LogP contribution >= 0.6 is 11.3 Å². The summed E-state index contributed by atoms with van der Waals surface area (Å²) < 4.78 is 0. The second-order valence-electron chi connectivity index (χ2n) is 6.41. The molecule has 0 aliphatic heterocycles. The lowest BCUT2D eigenvalue weighted by Gasteiger charge is -2.13. The molecule has 3 aromatic carbocycles. The molecule has 130 valence electrons. The van der Waals surface area contributed by atoms with E-state index in [-0.39, 0.29) is 5.56 Å². The molecule has 0 saturated carbocycles. The SMILES string of the molecule is O=c1[nH]c2ccccc2c2cc(-c3cccs3)cc(Nc3ccccc3)c12. The average Bonchev–Trinajstić information content (AvgIpc) is 3.23. The number of pyridine rings is 1. The minimum absolute atomic E-state index is 0.0835. The van der Waals surface area contributed by atoms with Gasteiger partial charge < -0.3 is 10.3 Å². The predicted molar refractivity (Wildman–Crippen MR) is 115 cm³/mol. The molecular weight excluding hydrogens is 352 g/mol. The van der Waals surface area contributed by atoms with Crippen LogP contribution in [-0.4, -0.2) is 4.98 Å². The van der Waals surface area contributed by atoms with E-state index >= 15 is 0 Å². The van der Waals surface area contributed by atoms with Gasteiger partial charge in [0.1, 0.15) is 0 Å². The van der Waals surface area contributed by atoms with Crippen molar-refractivity contribution >= 4 is 44.4 Å². The fraction of sp³-hybridized carbons (Fsp3) is 0. The Morgan fingerprint density at radius 3 is 2.44 bits per heavy atom. The van der Waals surface area contributed by atoms with Crippen LogP contribution in [0.3, 0.4) is 0 Å². The summed E-state index contributed by atoms with van der Waals surface area (Å²) in [5.41, 5.74) is 3.64. The smallest absolute Gasteiger partial charge is 0.258 e. The van der Waals surface area contributed by atoms with Gasteiger partial charge in [0.15, 0.2) is 0 Å². The lowest BCUT2D eigenvalue weighted by atomic mass is 10.0. The van der Waals surface area contributed by atoms with E-state index in [0.29, 0.717) is 5.39 Å². The number of thiophene rings is 1. The van der Waals surface area contributed by atoms with Crippen molar-refractivity contribution in [3.63, 3.8) is 0 Å². The number of para-hydroxylation sites is 2. The molecule has 27 heavy (non-hydrogen) atoms. The van der Waals surface area contributed by atoms with E-state index < -0.39 is 0 Å². The number of aromatic nitrogens is 1. The number of anilines is 2. The lowest BCUT2D eigenvalue weighted by molar-refractivity contribution is 1.34. The first kappa shape index (κ1) is 15.9. The molecule has 0 atom stereocenters. The first-order valence-corrected chi connectivity index (χ1v) is 9.62. The fourth-order valence-corrected chi connectivity index (χ4v) is 4.19. The molecule has 0 fully saturated rings. The van der Waals surface area contributed by atoms with E-state index in [0.717, 1.165) is 33.2 Å². The van der Waals surface area contributed by atoms with E-state index in [4.69, 9.17) is 0 Å². The largest absolute Gasteiger partial charge is 0.355 e. The van der Waals surface area contributed by atoms with Crippen molar-refractivity contribution < 1.29 is 0 Å². The van der Waals surface area contributed by atoms with Gasteiger partial charge in [0.05, 0.1) is 11.1 Å². The number of aromatic amines is 1. The summed E-state index contributed by atoms with van der Waals surface area (Å²) >= 11 is 1.70. The summed E-state index contributed by atoms with van der Waals surface area (Å²) in [5, 5.41) is 8.19. The summed E-state index contributed by atoms with van der Waals surface area (Å²) in [7, 11) is 0. The molecule has 0 saturated heterocycles. The van der Waals surface area contributed by atoms with Crippen LogP contribution in [0, 0.1) is 0 Å². The maximum atomic E-state index is 12.9. The van der Waals surface area contributed by atoms with Crippen LogP contribution in [0.15, 0.2) is 89.0 Å². The highest BCUT2D eigenvalue weighted by Gasteiger charge is 2.13. The van der Waals surface area contributed by atoms with Crippen LogP contribution in [0.2, 0.25) is 0 Å². The van der Waals surface area contributed by atoms with Gasteiger partial charge in [-0.15, -0.1) is 11.3 Å². The molecule has 4 heteroatoms. The second-order valence-corrected chi connectivity index (χ2v) is 7.36. The minimum Gasteiger partial charge on any atom is -0.355 e. The summed E-state index contributed by atoms with van der Waals surface area (Å²) in [6, 6.07) is 26.2. The molecule has 2 N–H and O–H groups in total. The van der Waals surface area contributed by atoms with Gasteiger partial charge in [-0.3, -0.25) is 4.79 Å². The summed E-state index contributed by atoms with van der Waals surface area (Å²) in [5.74, 6) is 0. The maximum absolute atomic E-state index is 12.9. The van der Waals surface area contributed by atoms with Crippen molar-refractivity contribution in [3.05, 3.63) is 94.6 Å². The molecule has 0 bridgehead atoms. The number of rotatable bonds is 3. The van der Waals surface area contributed by atoms with Gasteiger partial charge in [0, 0.05) is 21.5 Å². The highest BCUT2D eigenvalue weighted by molar-refractivity contribution is 7.13. The van der Waals surface area contributed by atoms with Gasteiger partial charge >= 0.3 is 0 Å². The van der Waals surface area contributed by atoms with Gasteiger partial charge in [0.25, 0.3) is 5.56 Å². The molecule has 5 rings (SSSR count). The first-order valence-electron chi connectivity index (χ1n) is 8.74. The maximum Gasteiger partial charge on any atom is 0.258 e. The fourth-order valence-electron chi connectivity index (χ4n) is 3.47. The first-order chi connectivity index (χ1) is 13.3. The summed E-state index contributed by atoms with van der Waals surface area (Å²) in [4.78, 5) is 17.1. The predicted octanol–water partition coefficient (Wildman–Crippen LogP) is 6.15. The van der Waals surface area contributed by atoms with E-state index in [1.54, 1.807) is 11.3 Å². The zero-order chi connectivity index (χ0) is 18.2. The molecule has 0 amide bonds. The van der Waals surface area contributed by atoms with Crippen LogP contribution in [0.1, 0.15) is 0 Å². The number of fused-ring (bicyclic) bond motifs is 3. The third-order valence-corrected chi connectivity index (χ3v) is 5.61. The molecule has 0 aliphatic rings. The molecule has 0 spiro atoms. The molecule has 0 aliphatic carbocycles. The zero-order valence-electron chi connectivity index (χ0n) is 14.4. The second kappa shape index (κ2) is 6.41. The summed E-state index contributed by atoms with van der Waals surface area (Å²) in [6.07, 6.45) is 0. The van der Waals surface area contributed by atoms with Crippen LogP contribution in [0.4, 0.5) is 11.4 Å². The molecule has 2 heterocycles. The Morgan fingerprint density at radius 1 is 0.815 bits per heavy atom. The van der Waals surface area contributed by atoms with Crippen molar-refractivity contribution in [2.75, 3.05) is 5.32 Å². The van der Waals surface area contributed by atoms with Gasteiger partial charge in [-0.05, 0) is 52.7 Å². The third-order valence-electron chi connectivity index (χ3n) is 4.69. The molecule has 5 aromatic rings. The van der Waals surface area contributed by atoms with Gasteiger partial charge in [0.2, 0.25) is 0 Å². The summed E-state index contributed by atoms with van der Waals surface area (Å²) in [6.45, 7) is 0. The highest BCUT2D eigenvalue weighted by atomic mass is 32.1. The van der Waals surface area contributed by atoms with E-state index in [9.17, 15) is 4.79 Å². The quantitative estimate of drug-likeness (QED) is 0.375. The molecule has 2 aromatic heterocycles. The lowest BCUT2D eigenvalue weighted by Crippen LogP contribution is -2.09. The Morgan fingerprint density at radius 2 is 1.63 bits per heavy atom. The number of H-pyrrole nitrogens is 1. The van der Waals surface area contributed by atoms with E-state index in [1.165, 1.54) is 4.88 Å². The van der Waals surface area contributed by atoms with Crippen molar-refractivity contribution in [2.24, 2.45) is 0 Å². The van der Waals surface area contributed by atoms with Crippen LogP contribution in [0.25, 0.3) is 32.1 Å². The standard InChI is InChI=1S/C23H16N2OS/c26-23-22-18(17-9-4-5-10-19(17)25-23)13-15(21-11-6-12-27-21)14-20(22)24-16-7-2-1-3-8-16/h1-14,24H,(H,25,26). The Balaban J connectivity index is 1.86. The Labute approximate surface area is 159 Å². The zero-order valence-corrected chi connectivity index (χ0v) is 15.2. The van der Waals surface area contributed by atoms with Crippen LogP contribution in [0.5, 0.6) is 0 Å². The van der Waals surface area contributed by atoms with Crippen LogP contribution in [-0.2, 0) is 0 Å². The van der Waals surface area contributed by atoms with Crippen molar-refractivity contribution in [3.8, 4) is 10.4 Å². The Bertz CT molecular complexity index is 1310. The van der Waals surface area contributed by atoms with E-state index in [2.05, 4.69) is 39.9 Å². The minimum atomic E-state index is -0.0835. The number of hydrogen-bond acceptors (Lipinski definition) is 3. The Hall–Kier alpha value is -3.37. The van der Waals surface area contributed by atoms with Gasteiger partial charge in [-0.1, -0.05) is 42.5 Å². The molecule has 0 unspecified atom stereocenters. The third kappa shape index (κ3) is 2.80. The average molecular weight is 368 g/mol. The number of hydrogen-bond donors (Lipinski definition) is 2. The van der Waals surface area contributed by atoms with Gasteiger partial charge in [-0.2, -0.15) is 0 Å². The molecule has 0 radical (unpaired) electrons. The molecular formula is C23H16N2OS. The Kier molecular flexibility index (Phi) is 3.77. The van der Waals surface area contributed by atoms with Crippen molar-refractivity contribution in [1.82, 2.24) is 4.98 Å². The normalized spacial score (nSPS) is 11.1. The topological polar surface area (TPSA) is 44.9 Å². The van der Waals surface area contributed by atoms with Crippen LogP contribution < -0.4 is 10.9 Å². The number of nitrogens with one attached hydrogen (secondary N) is 2. The van der Waals surface area contributed by atoms with Gasteiger partial charge in [-0.25, -0.2) is 0 Å². The highest BCUT2D eigenvalue weighted by Crippen LogP contribution is 2.35. The van der Waals surface area contributed by atoms with Crippen molar-refractivity contribution in [2.45, 2.75) is 0 Å². The van der Waals surface area contributed by atoms with E-state index in [1.807, 2.05) is 54.6 Å². The monoisotopic (exact) mass is 368 g/mol.